The quantitative estimate of drug-likeness (QED) is 0.561. The molecule has 9 heteroatoms. The van der Waals surface area contributed by atoms with Crippen molar-refractivity contribution >= 4 is 29.7 Å². The fraction of sp³-hybridized carbons (Fsp3) is 0.350. The predicted molar refractivity (Wildman–Crippen MR) is 118 cm³/mol. The Morgan fingerprint density at radius 1 is 1.21 bits per heavy atom. The zero-order valence-corrected chi connectivity index (χ0v) is 17.7. The van der Waals surface area contributed by atoms with E-state index < -0.39 is 0 Å². The molecule has 154 valence electrons. The first-order chi connectivity index (χ1) is 13.8. The third-order valence-electron chi connectivity index (χ3n) is 4.73. The van der Waals surface area contributed by atoms with Crippen molar-refractivity contribution < 1.29 is 4.79 Å². The van der Waals surface area contributed by atoms with E-state index in [1.165, 1.54) is 11.3 Å². The van der Waals surface area contributed by atoms with E-state index >= 15 is 0 Å². The maximum absolute atomic E-state index is 12.4. The number of para-hydroxylation sites is 1. The van der Waals surface area contributed by atoms with Gasteiger partial charge in [0.1, 0.15) is 10.7 Å². The maximum Gasteiger partial charge on any atom is 0.270 e. The summed E-state index contributed by atoms with van der Waals surface area (Å²) in [5.41, 5.74) is 2.37. The van der Waals surface area contributed by atoms with Gasteiger partial charge in [-0.25, -0.2) is 9.67 Å². The summed E-state index contributed by atoms with van der Waals surface area (Å²) in [7, 11) is 0. The van der Waals surface area contributed by atoms with Crippen LogP contribution in [-0.4, -0.2) is 64.8 Å². The number of nitrogens with one attached hydrogen (secondary N) is 2. The van der Waals surface area contributed by atoms with Crippen LogP contribution in [0.4, 0.5) is 0 Å². The number of hydrogen-bond donors (Lipinski definition) is 2. The maximum atomic E-state index is 12.4. The second kappa shape index (κ2) is 10.5. The first kappa shape index (κ1) is 21.4. The molecule has 4 rings (SSSR count). The Morgan fingerprint density at radius 3 is 2.79 bits per heavy atom. The SMILES string of the molecule is Cl.O=C(NCCCN1CCNCC1)c1csc(-c2cnn(-c3ccccc3)c2)n1. The molecule has 1 aromatic carbocycles. The summed E-state index contributed by atoms with van der Waals surface area (Å²) < 4.78 is 1.81. The molecular formula is C20H25ClN6OS. The number of piperazine rings is 1. The molecule has 0 radical (unpaired) electrons. The molecular weight excluding hydrogens is 408 g/mol. The van der Waals surface area contributed by atoms with Crippen LogP contribution in [-0.2, 0) is 0 Å². The van der Waals surface area contributed by atoms with Crippen molar-refractivity contribution in [2.45, 2.75) is 6.42 Å². The lowest BCUT2D eigenvalue weighted by molar-refractivity contribution is 0.0947. The zero-order chi connectivity index (χ0) is 19.2. The van der Waals surface area contributed by atoms with Gasteiger partial charge in [0.2, 0.25) is 0 Å². The highest BCUT2D eigenvalue weighted by Crippen LogP contribution is 2.24. The van der Waals surface area contributed by atoms with E-state index in [4.69, 9.17) is 0 Å². The van der Waals surface area contributed by atoms with Crippen LogP contribution in [0, 0.1) is 0 Å². The van der Waals surface area contributed by atoms with Gasteiger partial charge < -0.3 is 15.5 Å². The lowest BCUT2D eigenvalue weighted by atomic mass is 10.3. The smallest absolute Gasteiger partial charge is 0.270 e. The number of thiazole rings is 1. The normalized spacial score (nSPS) is 14.3. The molecule has 0 bridgehead atoms. The molecule has 29 heavy (non-hydrogen) atoms. The van der Waals surface area contributed by atoms with Gasteiger partial charge in [0.05, 0.1) is 11.9 Å². The highest BCUT2D eigenvalue weighted by atomic mass is 35.5. The molecule has 1 saturated heterocycles. The van der Waals surface area contributed by atoms with Crippen molar-refractivity contribution in [3.05, 3.63) is 53.8 Å². The Bertz CT molecular complexity index is 907. The minimum absolute atomic E-state index is 0. The average Bonchev–Trinajstić information content (AvgIpc) is 3.42. The van der Waals surface area contributed by atoms with E-state index in [-0.39, 0.29) is 18.3 Å². The molecule has 1 amide bonds. The number of carbonyl (C=O) groups is 1. The molecule has 1 aliphatic rings. The number of carbonyl (C=O) groups excluding carboxylic acids is 1. The van der Waals surface area contributed by atoms with Crippen molar-refractivity contribution in [2.75, 3.05) is 39.3 Å². The molecule has 3 heterocycles. The highest BCUT2D eigenvalue weighted by Gasteiger charge is 2.14. The minimum Gasteiger partial charge on any atom is -0.351 e. The third kappa shape index (κ3) is 5.63. The van der Waals surface area contributed by atoms with Gasteiger partial charge in [0, 0.05) is 49.9 Å². The second-order valence-corrected chi connectivity index (χ2v) is 7.61. The van der Waals surface area contributed by atoms with Crippen LogP contribution in [0.15, 0.2) is 48.1 Å². The number of nitrogens with zero attached hydrogens (tertiary/aromatic N) is 4. The van der Waals surface area contributed by atoms with E-state index in [0.29, 0.717) is 12.2 Å². The minimum atomic E-state index is -0.113. The summed E-state index contributed by atoms with van der Waals surface area (Å²) in [4.78, 5) is 19.3. The Kier molecular flexibility index (Phi) is 7.76. The van der Waals surface area contributed by atoms with Gasteiger partial charge in [-0.3, -0.25) is 4.79 Å². The molecule has 0 saturated carbocycles. The highest BCUT2D eigenvalue weighted by molar-refractivity contribution is 7.13. The first-order valence-electron chi connectivity index (χ1n) is 9.57. The molecule has 7 nitrogen and oxygen atoms in total. The molecule has 1 aliphatic heterocycles. The van der Waals surface area contributed by atoms with E-state index in [2.05, 4.69) is 25.6 Å². The average molecular weight is 433 g/mol. The van der Waals surface area contributed by atoms with E-state index in [0.717, 1.165) is 55.4 Å². The Morgan fingerprint density at radius 2 is 2.00 bits per heavy atom. The van der Waals surface area contributed by atoms with Crippen molar-refractivity contribution in [2.24, 2.45) is 0 Å². The Balaban J connectivity index is 0.00000240. The van der Waals surface area contributed by atoms with Crippen LogP contribution < -0.4 is 10.6 Å². The lowest BCUT2D eigenvalue weighted by Crippen LogP contribution is -2.44. The van der Waals surface area contributed by atoms with E-state index in [9.17, 15) is 4.79 Å². The van der Waals surface area contributed by atoms with Crippen LogP contribution in [0.1, 0.15) is 16.9 Å². The van der Waals surface area contributed by atoms with Gasteiger partial charge in [-0.05, 0) is 25.1 Å². The molecule has 2 aromatic heterocycles. The topological polar surface area (TPSA) is 75.1 Å². The Labute approximate surface area is 180 Å². The molecule has 0 atom stereocenters. The molecule has 0 spiro atoms. The van der Waals surface area contributed by atoms with Gasteiger partial charge in [-0.2, -0.15) is 5.10 Å². The van der Waals surface area contributed by atoms with Crippen molar-refractivity contribution in [1.82, 2.24) is 30.3 Å². The standard InChI is InChI=1S/C20H24N6OS.ClH/c27-19(22-7-4-10-25-11-8-21-9-12-25)18-15-28-20(24-18)16-13-23-26(14-16)17-5-2-1-3-6-17;/h1-3,5-6,13-15,21H,4,7-12H2,(H,22,27);1H. The van der Waals surface area contributed by atoms with Crippen molar-refractivity contribution in [3.8, 4) is 16.3 Å². The second-order valence-electron chi connectivity index (χ2n) is 6.75. The monoisotopic (exact) mass is 432 g/mol. The van der Waals surface area contributed by atoms with Crippen LogP contribution in [0.25, 0.3) is 16.3 Å². The van der Waals surface area contributed by atoms with Gasteiger partial charge >= 0.3 is 0 Å². The summed E-state index contributed by atoms with van der Waals surface area (Å²) in [6, 6.07) is 9.93. The summed E-state index contributed by atoms with van der Waals surface area (Å²) in [6.45, 7) is 5.95. The molecule has 3 aromatic rings. The molecule has 0 unspecified atom stereocenters. The predicted octanol–water partition coefficient (Wildman–Crippen LogP) is 2.44. The fourth-order valence-corrected chi connectivity index (χ4v) is 3.97. The third-order valence-corrected chi connectivity index (χ3v) is 5.62. The van der Waals surface area contributed by atoms with Gasteiger partial charge in [-0.15, -0.1) is 23.7 Å². The largest absolute Gasteiger partial charge is 0.351 e. The van der Waals surface area contributed by atoms with Crippen molar-refractivity contribution in [1.29, 1.82) is 0 Å². The van der Waals surface area contributed by atoms with Crippen LogP contribution >= 0.6 is 23.7 Å². The van der Waals surface area contributed by atoms with Crippen LogP contribution in [0.2, 0.25) is 0 Å². The number of benzene rings is 1. The van der Waals surface area contributed by atoms with Gasteiger partial charge in [0.25, 0.3) is 5.91 Å². The van der Waals surface area contributed by atoms with Gasteiger partial charge in [0.15, 0.2) is 0 Å². The summed E-state index contributed by atoms with van der Waals surface area (Å²) in [5, 5.41) is 13.3. The number of rotatable bonds is 7. The molecule has 1 fully saturated rings. The summed E-state index contributed by atoms with van der Waals surface area (Å²) in [6.07, 6.45) is 4.66. The number of halogens is 1. The van der Waals surface area contributed by atoms with Gasteiger partial charge in [-0.1, -0.05) is 18.2 Å². The van der Waals surface area contributed by atoms with Crippen LogP contribution in [0.3, 0.4) is 0 Å². The van der Waals surface area contributed by atoms with Crippen molar-refractivity contribution in [3.63, 3.8) is 0 Å². The fourth-order valence-electron chi connectivity index (χ4n) is 3.20. The number of amides is 1. The van der Waals surface area contributed by atoms with E-state index in [1.807, 2.05) is 41.2 Å². The number of hydrogen-bond acceptors (Lipinski definition) is 6. The summed E-state index contributed by atoms with van der Waals surface area (Å²) >= 11 is 1.46. The molecule has 2 N–H and O–H groups in total. The van der Waals surface area contributed by atoms with E-state index in [1.54, 1.807) is 11.6 Å². The van der Waals surface area contributed by atoms with Crippen LogP contribution in [0.5, 0.6) is 0 Å². The first-order valence-corrected chi connectivity index (χ1v) is 10.4. The molecule has 0 aliphatic carbocycles. The zero-order valence-electron chi connectivity index (χ0n) is 16.1. The number of aromatic nitrogens is 3. The lowest BCUT2D eigenvalue weighted by Gasteiger charge is -2.26. The summed E-state index contributed by atoms with van der Waals surface area (Å²) in [5.74, 6) is -0.113. The Hall–Kier alpha value is -2.26.